The fraction of sp³-hybridized carbons (Fsp3) is 0.529. The molecule has 0 spiro atoms. The lowest BCUT2D eigenvalue weighted by Gasteiger charge is -2.28. The van der Waals surface area contributed by atoms with Gasteiger partial charge >= 0.3 is 12.1 Å². The van der Waals surface area contributed by atoms with Crippen LogP contribution in [-0.4, -0.2) is 35.5 Å². The number of nitrogens with two attached hydrogens (primary N) is 1. The number of likely N-dealkylation sites (tertiary alicyclic amines) is 1. The van der Waals surface area contributed by atoms with E-state index in [-0.39, 0.29) is 30.7 Å². The van der Waals surface area contributed by atoms with Gasteiger partial charge in [0.15, 0.2) is 0 Å². The van der Waals surface area contributed by atoms with Crippen molar-refractivity contribution in [3.8, 4) is 5.75 Å². The van der Waals surface area contributed by atoms with Crippen LogP contribution in [0.1, 0.15) is 44.2 Å². The number of carbonyl (C=O) groups is 2. The SMILES string of the molecule is CC(CCC(N)=O)Oc1ccc(F)cc1[C@H]1CCCN1C(=O)C(F)(F)F. The highest BCUT2D eigenvalue weighted by Crippen LogP contribution is 2.40. The van der Waals surface area contributed by atoms with Crippen LogP contribution in [0.4, 0.5) is 17.6 Å². The first kappa shape index (κ1) is 20.0. The number of rotatable bonds is 6. The predicted octanol–water partition coefficient (Wildman–Crippen LogP) is 3.08. The molecule has 5 nitrogen and oxygen atoms in total. The molecule has 0 aromatic heterocycles. The van der Waals surface area contributed by atoms with Crippen molar-refractivity contribution >= 4 is 11.8 Å². The fourth-order valence-corrected chi connectivity index (χ4v) is 3.00. The topological polar surface area (TPSA) is 72.6 Å². The van der Waals surface area contributed by atoms with Crippen molar-refractivity contribution in [2.45, 2.75) is 50.9 Å². The maximum Gasteiger partial charge on any atom is 0.471 e. The van der Waals surface area contributed by atoms with Crippen molar-refractivity contribution in [1.82, 2.24) is 4.90 Å². The number of ether oxygens (including phenoxy) is 1. The lowest BCUT2D eigenvalue weighted by molar-refractivity contribution is -0.186. The Balaban J connectivity index is 2.26. The normalized spacial score (nSPS) is 18.7. The zero-order valence-corrected chi connectivity index (χ0v) is 14.2. The average Bonchev–Trinajstić information content (AvgIpc) is 3.02. The minimum absolute atomic E-state index is 0.0593. The first-order valence-corrected chi connectivity index (χ1v) is 8.21. The second-order valence-electron chi connectivity index (χ2n) is 6.27. The smallest absolute Gasteiger partial charge is 0.471 e. The Kier molecular flexibility index (Phi) is 6.09. The molecule has 1 aliphatic heterocycles. The molecule has 26 heavy (non-hydrogen) atoms. The summed E-state index contributed by atoms with van der Waals surface area (Å²) >= 11 is 0. The van der Waals surface area contributed by atoms with Crippen LogP contribution in [0.2, 0.25) is 0 Å². The molecule has 1 aromatic carbocycles. The van der Waals surface area contributed by atoms with E-state index in [4.69, 9.17) is 10.5 Å². The van der Waals surface area contributed by atoms with Gasteiger partial charge in [0.25, 0.3) is 0 Å². The van der Waals surface area contributed by atoms with Gasteiger partial charge < -0.3 is 15.4 Å². The van der Waals surface area contributed by atoms with E-state index < -0.39 is 36.0 Å². The van der Waals surface area contributed by atoms with Crippen LogP contribution in [-0.2, 0) is 9.59 Å². The summed E-state index contributed by atoms with van der Waals surface area (Å²) in [7, 11) is 0. The zero-order valence-electron chi connectivity index (χ0n) is 14.2. The first-order chi connectivity index (χ1) is 12.1. The molecule has 2 rings (SSSR count). The molecule has 0 radical (unpaired) electrons. The predicted molar refractivity (Wildman–Crippen MR) is 84.7 cm³/mol. The van der Waals surface area contributed by atoms with Crippen molar-refractivity contribution in [2.24, 2.45) is 5.73 Å². The second kappa shape index (κ2) is 7.92. The van der Waals surface area contributed by atoms with Gasteiger partial charge in [0.05, 0.1) is 12.1 Å². The molecule has 2 N–H and O–H groups in total. The maximum atomic E-state index is 13.7. The van der Waals surface area contributed by atoms with Crippen LogP contribution in [0.5, 0.6) is 5.75 Å². The molecular formula is C17H20F4N2O3. The van der Waals surface area contributed by atoms with Crippen LogP contribution < -0.4 is 10.5 Å². The maximum absolute atomic E-state index is 13.7. The molecule has 2 amide bonds. The molecule has 2 atom stereocenters. The number of hydrogen-bond acceptors (Lipinski definition) is 3. The Hall–Kier alpha value is -2.32. The van der Waals surface area contributed by atoms with E-state index in [1.165, 1.54) is 6.07 Å². The van der Waals surface area contributed by atoms with Gasteiger partial charge in [0, 0.05) is 18.5 Å². The largest absolute Gasteiger partial charge is 0.490 e. The van der Waals surface area contributed by atoms with E-state index >= 15 is 0 Å². The minimum atomic E-state index is -4.99. The Labute approximate surface area is 148 Å². The van der Waals surface area contributed by atoms with Crippen LogP contribution >= 0.6 is 0 Å². The van der Waals surface area contributed by atoms with E-state index in [2.05, 4.69) is 0 Å². The molecule has 1 aliphatic rings. The summed E-state index contributed by atoms with van der Waals surface area (Å²) in [5.41, 5.74) is 5.27. The summed E-state index contributed by atoms with van der Waals surface area (Å²) in [6.45, 7) is 1.61. The van der Waals surface area contributed by atoms with E-state index in [9.17, 15) is 27.2 Å². The number of halogens is 4. The van der Waals surface area contributed by atoms with Crippen LogP contribution in [0, 0.1) is 5.82 Å². The van der Waals surface area contributed by atoms with Crippen LogP contribution in [0.25, 0.3) is 0 Å². The molecule has 1 aromatic rings. The standard InChI is InChI=1S/C17H20F4N2O3/c1-10(4-7-15(22)24)26-14-6-5-11(18)9-12(14)13-3-2-8-23(13)16(25)17(19,20)21/h5-6,9-10,13H,2-4,7-8H2,1H3,(H2,22,24)/t10?,13-/m1/s1. The molecule has 0 aliphatic carbocycles. The van der Waals surface area contributed by atoms with Gasteiger partial charge in [-0.2, -0.15) is 13.2 Å². The molecule has 144 valence electrons. The lowest BCUT2D eigenvalue weighted by Crippen LogP contribution is -2.40. The summed E-state index contributed by atoms with van der Waals surface area (Å²) < 4.78 is 57.8. The third-order valence-corrected chi connectivity index (χ3v) is 4.21. The second-order valence-corrected chi connectivity index (χ2v) is 6.27. The molecular weight excluding hydrogens is 356 g/mol. The number of benzene rings is 1. The Morgan fingerprint density at radius 2 is 2.08 bits per heavy atom. The van der Waals surface area contributed by atoms with Gasteiger partial charge in [-0.1, -0.05) is 0 Å². The summed E-state index contributed by atoms with van der Waals surface area (Å²) in [6.07, 6.45) is -4.41. The number of hydrogen-bond donors (Lipinski definition) is 1. The van der Waals surface area contributed by atoms with E-state index in [0.717, 1.165) is 12.1 Å². The average molecular weight is 376 g/mol. The van der Waals surface area contributed by atoms with Gasteiger partial charge in [-0.05, 0) is 44.4 Å². The van der Waals surface area contributed by atoms with Crippen molar-refractivity contribution < 1.29 is 31.9 Å². The van der Waals surface area contributed by atoms with Crippen molar-refractivity contribution in [1.29, 1.82) is 0 Å². The fourth-order valence-electron chi connectivity index (χ4n) is 3.00. The van der Waals surface area contributed by atoms with Crippen molar-refractivity contribution in [3.63, 3.8) is 0 Å². The monoisotopic (exact) mass is 376 g/mol. The van der Waals surface area contributed by atoms with Gasteiger partial charge in [0.2, 0.25) is 5.91 Å². The van der Waals surface area contributed by atoms with Gasteiger partial charge in [-0.15, -0.1) is 0 Å². The molecule has 1 heterocycles. The summed E-state index contributed by atoms with van der Waals surface area (Å²) in [4.78, 5) is 23.2. The van der Waals surface area contributed by atoms with E-state index in [0.29, 0.717) is 17.7 Å². The summed E-state index contributed by atoms with van der Waals surface area (Å²) in [6, 6.07) is 2.62. The molecule has 0 bridgehead atoms. The zero-order chi connectivity index (χ0) is 19.5. The Morgan fingerprint density at radius 1 is 1.38 bits per heavy atom. The highest BCUT2D eigenvalue weighted by atomic mass is 19.4. The first-order valence-electron chi connectivity index (χ1n) is 8.21. The van der Waals surface area contributed by atoms with E-state index in [1.807, 2.05) is 0 Å². The quantitative estimate of drug-likeness (QED) is 0.776. The highest BCUT2D eigenvalue weighted by Gasteiger charge is 2.46. The van der Waals surface area contributed by atoms with Crippen LogP contribution in [0.15, 0.2) is 18.2 Å². The van der Waals surface area contributed by atoms with Crippen molar-refractivity contribution in [2.75, 3.05) is 6.54 Å². The third-order valence-electron chi connectivity index (χ3n) is 4.21. The third kappa shape index (κ3) is 4.86. The summed E-state index contributed by atoms with van der Waals surface area (Å²) in [5, 5.41) is 0. The Morgan fingerprint density at radius 3 is 2.69 bits per heavy atom. The highest BCUT2D eigenvalue weighted by molar-refractivity contribution is 5.82. The number of carbonyl (C=O) groups excluding carboxylic acids is 2. The number of primary amides is 1. The van der Waals surface area contributed by atoms with Gasteiger partial charge in [-0.3, -0.25) is 9.59 Å². The Bertz CT molecular complexity index is 678. The number of nitrogens with zero attached hydrogens (tertiary/aromatic N) is 1. The lowest BCUT2D eigenvalue weighted by atomic mass is 10.0. The molecule has 0 saturated carbocycles. The van der Waals surface area contributed by atoms with Crippen molar-refractivity contribution in [3.05, 3.63) is 29.6 Å². The number of amides is 2. The van der Waals surface area contributed by atoms with Gasteiger partial charge in [-0.25, -0.2) is 4.39 Å². The molecule has 1 saturated heterocycles. The molecule has 1 fully saturated rings. The molecule has 1 unspecified atom stereocenters. The molecule has 9 heteroatoms. The minimum Gasteiger partial charge on any atom is -0.490 e. The van der Waals surface area contributed by atoms with Crippen LogP contribution in [0.3, 0.4) is 0 Å². The summed E-state index contributed by atoms with van der Waals surface area (Å²) in [5.74, 6) is -2.90. The van der Waals surface area contributed by atoms with Gasteiger partial charge in [0.1, 0.15) is 11.6 Å². The van der Waals surface area contributed by atoms with E-state index in [1.54, 1.807) is 6.92 Å². The number of alkyl halides is 3.